The van der Waals surface area contributed by atoms with Crippen LogP contribution in [0.15, 0.2) is 36.4 Å². The third-order valence-corrected chi connectivity index (χ3v) is 4.08. The minimum atomic E-state index is -0.226. The largest absolute Gasteiger partial charge is 0.302 e. The zero-order valence-electron chi connectivity index (χ0n) is 9.45. The molecule has 0 unspecified atom stereocenters. The van der Waals surface area contributed by atoms with Crippen molar-refractivity contribution in [2.24, 2.45) is 0 Å². The summed E-state index contributed by atoms with van der Waals surface area (Å²) >= 11 is 6.00. The Kier molecular flexibility index (Phi) is 2.44. The zero-order chi connectivity index (χ0) is 11.9. The van der Waals surface area contributed by atoms with Gasteiger partial charge in [-0.25, -0.2) is 0 Å². The van der Waals surface area contributed by atoms with Crippen LogP contribution >= 0.6 is 11.6 Å². The Morgan fingerprint density at radius 2 is 1.82 bits per heavy atom. The highest BCUT2D eigenvalue weighted by Gasteiger charge is 2.38. The maximum Gasteiger partial charge on any atom is 0.130 e. The van der Waals surface area contributed by atoms with Gasteiger partial charge >= 0.3 is 0 Å². The summed E-state index contributed by atoms with van der Waals surface area (Å²) in [7, 11) is 0. The smallest absolute Gasteiger partial charge is 0.130 e. The van der Waals surface area contributed by atoms with Gasteiger partial charge in [0.2, 0.25) is 0 Å². The summed E-state index contributed by atoms with van der Waals surface area (Å²) in [5, 5.41) is 3.02. The first-order chi connectivity index (χ1) is 8.23. The van der Waals surface area contributed by atoms with Crippen molar-refractivity contribution in [3.8, 4) is 0 Å². The molecule has 0 bridgehead atoms. The number of rotatable bonds is 2. The molecule has 1 aliphatic rings. The van der Waals surface area contributed by atoms with Gasteiger partial charge in [0, 0.05) is 5.02 Å². The Bertz CT molecular complexity index is 584. The van der Waals surface area contributed by atoms with Crippen LogP contribution in [-0.2, 0) is 10.2 Å². The molecule has 0 saturated heterocycles. The van der Waals surface area contributed by atoms with Gasteiger partial charge in [0.1, 0.15) is 6.29 Å². The van der Waals surface area contributed by atoms with E-state index in [1.54, 1.807) is 0 Å². The minimum absolute atomic E-state index is 0.226. The van der Waals surface area contributed by atoms with Gasteiger partial charge in [-0.05, 0) is 41.3 Å². The second-order valence-corrected chi connectivity index (χ2v) is 5.27. The number of carbonyl (C=O) groups is 1. The highest BCUT2D eigenvalue weighted by atomic mass is 35.5. The van der Waals surface area contributed by atoms with E-state index in [9.17, 15) is 4.79 Å². The average molecular weight is 245 g/mol. The number of carbonyl (C=O) groups excluding carboxylic acids is 1. The lowest BCUT2D eigenvalue weighted by atomic mass is 9.65. The van der Waals surface area contributed by atoms with Crippen LogP contribution in [0.5, 0.6) is 0 Å². The third-order valence-electron chi connectivity index (χ3n) is 3.85. The van der Waals surface area contributed by atoms with Crippen molar-refractivity contribution in [1.29, 1.82) is 0 Å². The SMILES string of the molecule is O=CC1(c2ccc3ccc(Cl)cc3c2)CCC1. The molecule has 1 nitrogen and oxygen atoms in total. The first-order valence-electron chi connectivity index (χ1n) is 5.90. The summed E-state index contributed by atoms with van der Waals surface area (Å²) < 4.78 is 0. The standard InChI is InChI=1S/C15H13ClO/c16-14-5-3-11-2-4-13(8-12(11)9-14)15(10-17)6-1-7-15/h2-5,8-10H,1,6-7H2. The number of hydrogen-bond acceptors (Lipinski definition) is 1. The van der Waals surface area contributed by atoms with Crippen LogP contribution in [0.3, 0.4) is 0 Å². The molecule has 1 aliphatic carbocycles. The first-order valence-corrected chi connectivity index (χ1v) is 6.27. The number of aldehydes is 1. The van der Waals surface area contributed by atoms with Crippen molar-refractivity contribution in [2.75, 3.05) is 0 Å². The summed E-state index contributed by atoms with van der Waals surface area (Å²) in [6.07, 6.45) is 4.21. The van der Waals surface area contributed by atoms with Crippen LogP contribution < -0.4 is 0 Å². The molecule has 0 atom stereocenters. The molecule has 17 heavy (non-hydrogen) atoms. The summed E-state index contributed by atoms with van der Waals surface area (Å²) in [5.41, 5.74) is 0.907. The number of hydrogen-bond donors (Lipinski definition) is 0. The van der Waals surface area contributed by atoms with Gasteiger partial charge < -0.3 is 4.79 Å². The molecule has 3 rings (SSSR count). The summed E-state index contributed by atoms with van der Waals surface area (Å²) in [4.78, 5) is 11.3. The number of benzene rings is 2. The lowest BCUT2D eigenvalue weighted by Crippen LogP contribution is -2.35. The predicted molar refractivity (Wildman–Crippen MR) is 70.6 cm³/mol. The lowest BCUT2D eigenvalue weighted by molar-refractivity contribution is -0.115. The van der Waals surface area contributed by atoms with Crippen LogP contribution in [0.25, 0.3) is 10.8 Å². The van der Waals surface area contributed by atoms with E-state index >= 15 is 0 Å². The van der Waals surface area contributed by atoms with E-state index in [0.717, 1.165) is 41.5 Å². The Hall–Kier alpha value is -1.34. The fourth-order valence-corrected chi connectivity index (χ4v) is 2.74. The van der Waals surface area contributed by atoms with Crippen LogP contribution in [0.4, 0.5) is 0 Å². The molecule has 0 aromatic heterocycles. The molecule has 1 fully saturated rings. The maximum absolute atomic E-state index is 11.3. The zero-order valence-corrected chi connectivity index (χ0v) is 10.2. The molecule has 1 saturated carbocycles. The number of fused-ring (bicyclic) bond motifs is 1. The van der Waals surface area contributed by atoms with Gasteiger partial charge in [-0.3, -0.25) is 0 Å². The molecule has 2 aromatic rings. The van der Waals surface area contributed by atoms with Crippen molar-refractivity contribution in [1.82, 2.24) is 0 Å². The normalized spacial score (nSPS) is 17.7. The molecule has 0 N–H and O–H groups in total. The maximum atomic E-state index is 11.3. The van der Waals surface area contributed by atoms with Gasteiger partial charge in [-0.1, -0.05) is 42.3 Å². The molecule has 2 heteroatoms. The molecule has 0 spiro atoms. The van der Waals surface area contributed by atoms with E-state index in [1.807, 2.05) is 18.2 Å². The van der Waals surface area contributed by atoms with Crippen molar-refractivity contribution in [3.63, 3.8) is 0 Å². The van der Waals surface area contributed by atoms with Crippen molar-refractivity contribution < 1.29 is 4.79 Å². The van der Waals surface area contributed by atoms with Gasteiger partial charge in [0.15, 0.2) is 0 Å². The topological polar surface area (TPSA) is 17.1 Å². The highest BCUT2D eigenvalue weighted by Crippen LogP contribution is 2.42. The van der Waals surface area contributed by atoms with E-state index in [1.165, 1.54) is 5.39 Å². The Morgan fingerprint density at radius 3 is 2.47 bits per heavy atom. The Labute approximate surface area is 105 Å². The van der Waals surface area contributed by atoms with Gasteiger partial charge in [0.25, 0.3) is 0 Å². The molecule has 0 radical (unpaired) electrons. The van der Waals surface area contributed by atoms with E-state index in [0.29, 0.717) is 0 Å². The molecule has 0 heterocycles. The van der Waals surface area contributed by atoms with Crippen molar-refractivity contribution >= 4 is 28.7 Å². The van der Waals surface area contributed by atoms with E-state index < -0.39 is 0 Å². The predicted octanol–water partition coefficient (Wildman–Crippen LogP) is 4.11. The molecule has 0 aliphatic heterocycles. The van der Waals surface area contributed by atoms with Crippen LogP contribution in [0.2, 0.25) is 5.02 Å². The minimum Gasteiger partial charge on any atom is -0.302 e. The van der Waals surface area contributed by atoms with Crippen molar-refractivity contribution in [3.05, 3.63) is 47.0 Å². The van der Waals surface area contributed by atoms with E-state index in [4.69, 9.17) is 11.6 Å². The lowest BCUT2D eigenvalue weighted by Gasteiger charge is -2.37. The molecule has 86 valence electrons. The summed E-state index contributed by atoms with van der Waals surface area (Å²) in [6, 6.07) is 12.1. The summed E-state index contributed by atoms with van der Waals surface area (Å²) in [5.74, 6) is 0. The third kappa shape index (κ3) is 1.66. The second kappa shape index (κ2) is 3.85. The molecule has 2 aromatic carbocycles. The molecular weight excluding hydrogens is 232 g/mol. The van der Waals surface area contributed by atoms with E-state index in [2.05, 4.69) is 18.2 Å². The Morgan fingerprint density at radius 1 is 1.06 bits per heavy atom. The van der Waals surface area contributed by atoms with Crippen LogP contribution in [-0.4, -0.2) is 6.29 Å². The monoisotopic (exact) mass is 244 g/mol. The van der Waals surface area contributed by atoms with Gasteiger partial charge in [-0.15, -0.1) is 0 Å². The summed E-state index contributed by atoms with van der Waals surface area (Å²) in [6.45, 7) is 0. The fraction of sp³-hybridized carbons (Fsp3) is 0.267. The van der Waals surface area contributed by atoms with Gasteiger partial charge in [-0.2, -0.15) is 0 Å². The average Bonchev–Trinajstić information content (AvgIpc) is 2.28. The van der Waals surface area contributed by atoms with Gasteiger partial charge in [0.05, 0.1) is 5.41 Å². The highest BCUT2D eigenvalue weighted by molar-refractivity contribution is 6.31. The first kappa shape index (κ1) is 10.8. The molecular formula is C15H13ClO. The van der Waals surface area contributed by atoms with Crippen LogP contribution in [0, 0.1) is 0 Å². The van der Waals surface area contributed by atoms with Crippen LogP contribution in [0.1, 0.15) is 24.8 Å². The molecule has 0 amide bonds. The second-order valence-electron chi connectivity index (χ2n) is 4.83. The quantitative estimate of drug-likeness (QED) is 0.727. The Balaban J connectivity index is 2.15. The fourth-order valence-electron chi connectivity index (χ4n) is 2.56. The number of halogens is 1. The van der Waals surface area contributed by atoms with Crippen molar-refractivity contribution in [2.45, 2.75) is 24.7 Å². The van der Waals surface area contributed by atoms with E-state index in [-0.39, 0.29) is 5.41 Å².